The summed E-state index contributed by atoms with van der Waals surface area (Å²) >= 11 is 0. The van der Waals surface area contributed by atoms with Crippen LogP contribution >= 0.6 is 0 Å². The predicted molar refractivity (Wildman–Crippen MR) is 69.8 cm³/mol. The van der Waals surface area contributed by atoms with Crippen LogP contribution in [0.5, 0.6) is 0 Å². The van der Waals surface area contributed by atoms with Crippen LogP contribution in [-0.2, 0) is 11.2 Å². The van der Waals surface area contributed by atoms with Crippen LogP contribution in [0.2, 0.25) is 0 Å². The monoisotopic (exact) mass is 260 g/mol. The molecule has 0 aliphatic carbocycles. The first-order valence-corrected chi connectivity index (χ1v) is 5.98. The molecule has 1 atom stereocenters. The Morgan fingerprint density at radius 3 is 2.58 bits per heavy atom. The Morgan fingerprint density at radius 2 is 2.11 bits per heavy atom. The highest BCUT2D eigenvalue weighted by atomic mass is 16.4. The number of aliphatic carboxylic acids is 1. The average Bonchev–Trinajstić information content (AvgIpc) is 2.36. The lowest BCUT2D eigenvalue weighted by atomic mass is 9.96. The minimum atomic E-state index is -1.09. The fourth-order valence-corrected chi connectivity index (χ4v) is 1.86. The highest BCUT2D eigenvalue weighted by molar-refractivity contribution is 5.99. The quantitative estimate of drug-likeness (QED) is 0.860. The molecule has 1 amide bonds. The van der Waals surface area contributed by atoms with Gasteiger partial charge in [-0.25, -0.2) is 0 Å². The molecule has 0 radical (unpaired) electrons. The molecule has 2 N–H and O–H groups in total. The van der Waals surface area contributed by atoms with Crippen LogP contribution in [0.15, 0.2) is 12.1 Å². The van der Waals surface area contributed by atoms with Gasteiger partial charge in [0.25, 0.3) is 5.91 Å². The molecule has 0 fully saturated rings. The normalized spacial score (nSPS) is 11.5. The third kappa shape index (κ3) is 3.32. The van der Waals surface area contributed by atoms with Crippen LogP contribution in [0.1, 0.15) is 40.9 Å². The van der Waals surface area contributed by atoms with Crippen molar-refractivity contribution < 1.29 is 14.7 Å². The molecule has 19 heavy (non-hydrogen) atoms. The van der Waals surface area contributed by atoms with Gasteiger partial charge in [0.2, 0.25) is 0 Å². The minimum Gasteiger partial charge on any atom is -0.480 e. The molecule has 0 spiro atoms. The van der Waals surface area contributed by atoms with Crippen molar-refractivity contribution in [2.24, 2.45) is 0 Å². The van der Waals surface area contributed by atoms with Crippen molar-refractivity contribution in [3.8, 4) is 6.07 Å². The van der Waals surface area contributed by atoms with Crippen molar-refractivity contribution in [1.82, 2.24) is 5.32 Å². The fourth-order valence-electron chi connectivity index (χ4n) is 1.86. The van der Waals surface area contributed by atoms with E-state index in [-0.39, 0.29) is 0 Å². The van der Waals surface area contributed by atoms with Gasteiger partial charge in [0, 0.05) is 5.56 Å². The first-order chi connectivity index (χ1) is 8.90. The van der Waals surface area contributed by atoms with Crippen molar-refractivity contribution >= 4 is 11.9 Å². The zero-order valence-corrected chi connectivity index (χ0v) is 11.2. The van der Waals surface area contributed by atoms with E-state index in [0.717, 1.165) is 5.56 Å². The summed E-state index contributed by atoms with van der Waals surface area (Å²) in [5, 5.41) is 20.1. The fraction of sp³-hybridized carbons (Fsp3) is 0.357. The Labute approximate surface area is 111 Å². The summed E-state index contributed by atoms with van der Waals surface area (Å²) in [6, 6.07) is 4.37. The van der Waals surface area contributed by atoms with Gasteiger partial charge in [-0.05, 0) is 43.5 Å². The van der Waals surface area contributed by atoms with Gasteiger partial charge in [-0.15, -0.1) is 0 Å². The number of nitrogens with one attached hydrogen (secondary N) is 1. The number of carboxylic acids is 1. The number of carbonyl (C=O) groups excluding carboxylic acids is 1. The summed E-state index contributed by atoms with van der Waals surface area (Å²) in [6.07, 6.45) is 0.598. The molecule has 1 aromatic rings. The first-order valence-electron chi connectivity index (χ1n) is 5.98. The lowest BCUT2D eigenvalue weighted by Crippen LogP contribution is -2.39. The summed E-state index contributed by atoms with van der Waals surface area (Å²) < 4.78 is 0. The number of amides is 1. The zero-order chi connectivity index (χ0) is 14.6. The SMILES string of the molecule is CCc1cc(C#N)cc(C)c1C(=O)NC(C)C(=O)O. The molecule has 0 aliphatic rings. The molecule has 1 rings (SSSR count). The van der Waals surface area contributed by atoms with E-state index in [0.29, 0.717) is 23.1 Å². The van der Waals surface area contributed by atoms with E-state index in [1.54, 1.807) is 19.1 Å². The van der Waals surface area contributed by atoms with Crippen molar-refractivity contribution in [2.75, 3.05) is 0 Å². The van der Waals surface area contributed by atoms with Gasteiger partial charge in [-0.3, -0.25) is 9.59 Å². The van der Waals surface area contributed by atoms with E-state index in [1.807, 2.05) is 13.0 Å². The Morgan fingerprint density at radius 1 is 1.47 bits per heavy atom. The number of hydrogen-bond donors (Lipinski definition) is 2. The van der Waals surface area contributed by atoms with Crippen molar-refractivity contribution in [3.05, 3.63) is 34.4 Å². The molecule has 0 bridgehead atoms. The molecular weight excluding hydrogens is 244 g/mol. The Balaban J connectivity index is 3.16. The number of benzene rings is 1. The van der Waals surface area contributed by atoms with Crippen LogP contribution in [0.25, 0.3) is 0 Å². The molecule has 0 aliphatic heterocycles. The number of nitrogens with zero attached hydrogens (tertiary/aromatic N) is 1. The largest absolute Gasteiger partial charge is 0.480 e. The Kier molecular flexibility index (Phi) is 4.65. The maximum Gasteiger partial charge on any atom is 0.325 e. The summed E-state index contributed by atoms with van der Waals surface area (Å²) in [4.78, 5) is 22.9. The van der Waals surface area contributed by atoms with E-state index < -0.39 is 17.9 Å². The zero-order valence-electron chi connectivity index (χ0n) is 11.2. The molecule has 5 nitrogen and oxygen atoms in total. The highest BCUT2D eigenvalue weighted by Gasteiger charge is 2.19. The average molecular weight is 260 g/mol. The van der Waals surface area contributed by atoms with Gasteiger partial charge >= 0.3 is 5.97 Å². The third-order valence-electron chi connectivity index (χ3n) is 2.87. The van der Waals surface area contributed by atoms with Crippen molar-refractivity contribution in [3.63, 3.8) is 0 Å². The van der Waals surface area contributed by atoms with Crippen LogP contribution < -0.4 is 5.32 Å². The minimum absolute atomic E-state index is 0.422. The number of nitriles is 1. The topological polar surface area (TPSA) is 90.2 Å². The van der Waals surface area contributed by atoms with Crippen molar-refractivity contribution in [1.29, 1.82) is 5.26 Å². The molecule has 0 heterocycles. The van der Waals surface area contributed by atoms with Crippen molar-refractivity contribution in [2.45, 2.75) is 33.2 Å². The molecular formula is C14H16N2O3. The van der Waals surface area contributed by atoms with Gasteiger partial charge in [-0.1, -0.05) is 6.92 Å². The van der Waals surface area contributed by atoms with Crippen LogP contribution in [0, 0.1) is 18.3 Å². The van der Waals surface area contributed by atoms with E-state index in [2.05, 4.69) is 5.32 Å². The summed E-state index contributed by atoms with van der Waals surface area (Å²) in [6.45, 7) is 5.03. The molecule has 0 saturated heterocycles. The van der Waals surface area contributed by atoms with Crippen LogP contribution in [-0.4, -0.2) is 23.0 Å². The van der Waals surface area contributed by atoms with Gasteiger partial charge in [0.15, 0.2) is 0 Å². The smallest absolute Gasteiger partial charge is 0.325 e. The predicted octanol–water partition coefficient (Wildman–Crippen LogP) is 1.63. The lowest BCUT2D eigenvalue weighted by molar-refractivity contribution is -0.138. The number of rotatable bonds is 4. The van der Waals surface area contributed by atoms with E-state index in [9.17, 15) is 9.59 Å². The second-order valence-electron chi connectivity index (χ2n) is 4.33. The first kappa shape index (κ1) is 14.7. The second-order valence-corrected chi connectivity index (χ2v) is 4.33. The maximum atomic E-state index is 12.1. The summed E-state index contributed by atoms with van der Waals surface area (Å²) in [5.41, 5.74) is 2.37. The number of aryl methyl sites for hydroxylation is 2. The van der Waals surface area contributed by atoms with Gasteiger partial charge in [0.05, 0.1) is 11.6 Å². The number of carbonyl (C=O) groups is 2. The molecule has 1 unspecified atom stereocenters. The van der Waals surface area contributed by atoms with E-state index >= 15 is 0 Å². The maximum absolute atomic E-state index is 12.1. The lowest BCUT2D eigenvalue weighted by Gasteiger charge is -2.14. The Bertz CT molecular complexity index is 559. The van der Waals surface area contributed by atoms with Gasteiger partial charge in [-0.2, -0.15) is 5.26 Å². The second kappa shape index (κ2) is 6.01. The molecule has 5 heteroatoms. The summed E-state index contributed by atoms with van der Waals surface area (Å²) in [5.74, 6) is -1.51. The molecule has 1 aromatic carbocycles. The van der Waals surface area contributed by atoms with Crippen LogP contribution in [0.3, 0.4) is 0 Å². The van der Waals surface area contributed by atoms with Crippen LogP contribution in [0.4, 0.5) is 0 Å². The number of hydrogen-bond acceptors (Lipinski definition) is 3. The highest BCUT2D eigenvalue weighted by Crippen LogP contribution is 2.18. The van der Waals surface area contributed by atoms with E-state index in [1.165, 1.54) is 6.92 Å². The molecule has 0 saturated carbocycles. The Hall–Kier alpha value is -2.35. The molecule has 0 aromatic heterocycles. The standard InChI is InChI=1S/C14H16N2O3/c1-4-11-6-10(7-15)5-8(2)12(11)13(17)16-9(3)14(18)19/h5-6,9H,4H2,1-3H3,(H,16,17)(H,18,19). The third-order valence-corrected chi connectivity index (χ3v) is 2.87. The van der Waals surface area contributed by atoms with Gasteiger partial charge < -0.3 is 10.4 Å². The molecule has 100 valence electrons. The number of carboxylic acid groups (broad SMARTS) is 1. The van der Waals surface area contributed by atoms with Gasteiger partial charge in [0.1, 0.15) is 6.04 Å². The van der Waals surface area contributed by atoms with E-state index in [4.69, 9.17) is 10.4 Å². The summed E-state index contributed by atoms with van der Waals surface area (Å²) in [7, 11) is 0.